The van der Waals surface area contributed by atoms with Crippen molar-refractivity contribution in [2.75, 3.05) is 0 Å². The number of benzene rings is 1. The van der Waals surface area contributed by atoms with Gasteiger partial charge in [-0.15, -0.1) is 0 Å². The summed E-state index contributed by atoms with van der Waals surface area (Å²) in [5.74, 6) is -4.28. The molecule has 17 heavy (non-hydrogen) atoms. The number of aliphatic carboxylic acids is 2. The number of hydrogen-bond acceptors (Lipinski definition) is 4. The molecule has 0 atom stereocenters. The highest BCUT2D eigenvalue weighted by Gasteiger charge is 2.28. The zero-order valence-corrected chi connectivity index (χ0v) is 9.18. The molecule has 0 amide bonds. The molecule has 1 rings (SSSR count). The van der Waals surface area contributed by atoms with Crippen LogP contribution in [0, 0.1) is 0 Å². The SMILES string of the molecule is O=C(O)c1ccccc1SC(C(=O)O)C(=O)O. The molecule has 3 N–H and O–H groups in total. The Labute approximate surface area is 99.9 Å². The first-order valence-corrected chi connectivity index (χ1v) is 5.26. The van der Waals surface area contributed by atoms with Crippen LogP contribution >= 0.6 is 11.8 Å². The van der Waals surface area contributed by atoms with E-state index in [0.717, 1.165) is 0 Å². The third kappa shape index (κ3) is 3.22. The minimum absolute atomic E-state index is 0.106. The summed E-state index contributed by atoms with van der Waals surface area (Å²) in [7, 11) is 0. The van der Waals surface area contributed by atoms with E-state index in [4.69, 9.17) is 15.3 Å². The van der Waals surface area contributed by atoms with Crippen LogP contribution in [-0.2, 0) is 9.59 Å². The van der Waals surface area contributed by atoms with Gasteiger partial charge in [-0.25, -0.2) is 4.79 Å². The zero-order valence-electron chi connectivity index (χ0n) is 8.36. The monoisotopic (exact) mass is 256 g/mol. The maximum Gasteiger partial charge on any atom is 0.336 e. The molecule has 7 heteroatoms. The van der Waals surface area contributed by atoms with Crippen LogP contribution in [0.2, 0.25) is 0 Å². The standard InChI is InChI=1S/C10H8O6S/c11-8(12)5-3-1-2-4-6(5)17-7(9(13)14)10(15)16/h1-4,7H,(H,11,12)(H,13,14)(H,15,16). The summed E-state index contributed by atoms with van der Waals surface area (Å²) >= 11 is 0.480. The van der Waals surface area contributed by atoms with E-state index in [1.165, 1.54) is 24.3 Å². The summed E-state index contributed by atoms with van der Waals surface area (Å²) in [6, 6.07) is 5.64. The number of carbonyl (C=O) groups is 3. The third-order valence-electron chi connectivity index (χ3n) is 1.81. The predicted molar refractivity (Wildman–Crippen MR) is 58.3 cm³/mol. The Morgan fingerprint density at radius 3 is 2.00 bits per heavy atom. The van der Waals surface area contributed by atoms with Crippen molar-refractivity contribution in [1.82, 2.24) is 0 Å². The maximum absolute atomic E-state index is 10.8. The fourth-order valence-corrected chi connectivity index (χ4v) is 1.97. The first-order chi connectivity index (χ1) is 7.93. The molecule has 0 aromatic heterocycles. The van der Waals surface area contributed by atoms with E-state index in [1.54, 1.807) is 0 Å². The fourth-order valence-electron chi connectivity index (χ4n) is 1.08. The number of carboxylic acids is 3. The second-order valence-electron chi connectivity index (χ2n) is 2.98. The van der Waals surface area contributed by atoms with Crippen LogP contribution in [0.5, 0.6) is 0 Å². The molecule has 0 heterocycles. The van der Waals surface area contributed by atoms with Crippen LogP contribution in [-0.4, -0.2) is 38.5 Å². The molecule has 0 aliphatic heterocycles. The molecule has 0 fully saturated rings. The second-order valence-corrected chi connectivity index (χ2v) is 4.12. The van der Waals surface area contributed by atoms with Crippen molar-refractivity contribution in [1.29, 1.82) is 0 Å². The van der Waals surface area contributed by atoms with Crippen LogP contribution < -0.4 is 0 Å². The Hall–Kier alpha value is -2.02. The lowest BCUT2D eigenvalue weighted by Crippen LogP contribution is -2.26. The van der Waals surface area contributed by atoms with Crippen molar-refractivity contribution >= 4 is 29.7 Å². The largest absolute Gasteiger partial charge is 0.480 e. The van der Waals surface area contributed by atoms with Gasteiger partial charge in [0.2, 0.25) is 5.25 Å². The van der Waals surface area contributed by atoms with E-state index in [1.807, 2.05) is 0 Å². The Bertz CT molecular complexity index is 456. The van der Waals surface area contributed by atoms with E-state index in [-0.39, 0.29) is 10.5 Å². The Balaban J connectivity index is 3.05. The summed E-state index contributed by atoms with van der Waals surface area (Å²) in [6.45, 7) is 0. The van der Waals surface area contributed by atoms with Crippen LogP contribution in [0.25, 0.3) is 0 Å². The first kappa shape index (κ1) is 13.0. The Morgan fingerprint density at radius 2 is 1.53 bits per heavy atom. The van der Waals surface area contributed by atoms with Crippen molar-refractivity contribution in [3.05, 3.63) is 29.8 Å². The average molecular weight is 256 g/mol. The van der Waals surface area contributed by atoms with Crippen LogP contribution in [0.3, 0.4) is 0 Å². The molecular formula is C10H8O6S. The Kier molecular flexibility index (Phi) is 4.11. The summed E-state index contributed by atoms with van der Waals surface area (Å²) in [4.78, 5) is 32.3. The van der Waals surface area contributed by atoms with Gasteiger partial charge in [-0.3, -0.25) is 9.59 Å². The smallest absolute Gasteiger partial charge is 0.336 e. The van der Waals surface area contributed by atoms with Crippen molar-refractivity contribution < 1.29 is 29.7 Å². The maximum atomic E-state index is 10.8. The van der Waals surface area contributed by atoms with Gasteiger partial charge in [-0.05, 0) is 12.1 Å². The molecular weight excluding hydrogens is 248 g/mol. The van der Waals surface area contributed by atoms with Gasteiger partial charge in [0, 0.05) is 4.90 Å². The predicted octanol–water partition coefficient (Wildman–Crippen LogP) is 1.01. The topological polar surface area (TPSA) is 112 Å². The highest BCUT2D eigenvalue weighted by Crippen LogP contribution is 2.27. The molecule has 90 valence electrons. The lowest BCUT2D eigenvalue weighted by molar-refractivity contribution is -0.146. The van der Waals surface area contributed by atoms with E-state index in [0.29, 0.717) is 11.8 Å². The van der Waals surface area contributed by atoms with E-state index >= 15 is 0 Å². The molecule has 0 saturated heterocycles. The highest BCUT2D eigenvalue weighted by atomic mass is 32.2. The van der Waals surface area contributed by atoms with Crippen LogP contribution in [0.4, 0.5) is 0 Å². The van der Waals surface area contributed by atoms with Crippen molar-refractivity contribution in [3.8, 4) is 0 Å². The van der Waals surface area contributed by atoms with Gasteiger partial charge in [-0.2, -0.15) is 0 Å². The fraction of sp³-hybridized carbons (Fsp3) is 0.100. The summed E-state index contributed by atoms with van der Waals surface area (Å²) in [6.07, 6.45) is 0. The van der Waals surface area contributed by atoms with Gasteiger partial charge in [-0.1, -0.05) is 23.9 Å². The van der Waals surface area contributed by atoms with Gasteiger partial charge in [0.15, 0.2) is 0 Å². The van der Waals surface area contributed by atoms with Crippen LogP contribution in [0.1, 0.15) is 10.4 Å². The van der Waals surface area contributed by atoms with Gasteiger partial charge < -0.3 is 15.3 Å². The number of aromatic carboxylic acids is 1. The summed E-state index contributed by atoms with van der Waals surface area (Å²) in [5, 5.41) is 24.5. The second kappa shape index (κ2) is 5.35. The van der Waals surface area contributed by atoms with Gasteiger partial charge in [0.25, 0.3) is 0 Å². The molecule has 1 aromatic carbocycles. The molecule has 0 saturated carbocycles. The minimum atomic E-state index is -1.73. The Morgan fingerprint density at radius 1 is 1.00 bits per heavy atom. The van der Waals surface area contributed by atoms with Crippen molar-refractivity contribution in [2.24, 2.45) is 0 Å². The van der Waals surface area contributed by atoms with Gasteiger partial charge >= 0.3 is 17.9 Å². The lowest BCUT2D eigenvalue weighted by atomic mass is 10.2. The van der Waals surface area contributed by atoms with Crippen LogP contribution in [0.15, 0.2) is 29.2 Å². The first-order valence-electron chi connectivity index (χ1n) is 4.38. The van der Waals surface area contributed by atoms with Gasteiger partial charge in [0.05, 0.1) is 5.56 Å². The van der Waals surface area contributed by atoms with E-state index in [2.05, 4.69) is 0 Å². The molecule has 0 aliphatic carbocycles. The van der Waals surface area contributed by atoms with E-state index in [9.17, 15) is 14.4 Å². The highest BCUT2D eigenvalue weighted by molar-refractivity contribution is 8.01. The quantitative estimate of drug-likeness (QED) is 0.532. The van der Waals surface area contributed by atoms with E-state index < -0.39 is 23.2 Å². The molecule has 0 unspecified atom stereocenters. The number of carboxylic acid groups (broad SMARTS) is 3. The third-order valence-corrected chi connectivity index (χ3v) is 3.06. The van der Waals surface area contributed by atoms with Gasteiger partial charge in [0.1, 0.15) is 0 Å². The molecule has 0 aliphatic rings. The molecule has 1 aromatic rings. The number of hydrogen-bond donors (Lipinski definition) is 3. The zero-order chi connectivity index (χ0) is 13.0. The lowest BCUT2D eigenvalue weighted by Gasteiger charge is -2.09. The summed E-state index contributed by atoms with van der Waals surface area (Å²) in [5.41, 5.74) is -0.120. The number of rotatable bonds is 5. The molecule has 0 spiro atoms. The molecule has 6 nitrogen and oxygen atoms in total. The number of thioether (sulfide) groups is 1. The molecule has 0 bridgehead atoms. The molecule has 0 radical (unpaired) electrons. The average Bonchev–Trinajstić information content (AvgIpc) is 2.25. The normalized spacial score (nSPS) is 10.2. The van der Waals surface area contributed by atoms with Crippen molar-refractivity contribution in [2.45, 2.75) is 10.1 Å². The summed E-state index contributed by atoms with van der Waals surface area (Å²) < 4.78 is 0. The van der Waals surface area contributed by atoms with Crippen molar-refractivity contribution in [3.63, 3.8) is 0 Å². The minimum Gasteiger partial charge on any atom is -0.480 e.